The highest BCUT2D eigenvalue weighted by Crippen LogP contribution is 2.23. The average Bonchev–Trinajstić information content (AvgIpc) is 2.59. The van der Waals surface area contributed by atoms with Crippen molar-refractivity contribution >= 4 is 23.5 Å². The minimum Gasteiger partial charge on any atom is -0.426 e. The van der Waals surface area contributed by atoms with Crippen LogP contribution in [-0.2, 0) is 9.59 Å². The van der Waals surface area contributed by atoms with Crippen LogP contribution in [0.1, 0.15) is 20.3 Å². The lowest BCUT2D eigenvalue weighted by atomic mass is 10.1. The van der Waals surface area contributed by atoms with Gasteiger partial charge in [0, 0.05) is 17.9 Å². The lowest BCUT2D eigenvalue weighted by Gasteiger charge is -2.11. The summed E-state index contributed by atoms with van der Waals surface area (Å²) in [5.41, 5.74) is 2.22. The van der Waals surface area contributed by atoms with E-state index in [2.05, 4.69) is 0 Å². The van der Waals surface area contributed by atoms with E-state index in [1.54, 1.807) is 18.7 Å². The van der Waals surface area contributed by atoms with Crippen LogP contribution in [0.15, 0.2) is 54.6 Å². The number of benzene rings is 2. The molecule has 24 heavy (non-hydrogen) atoms. The maximum absolute atomic E-state index is 12.1. The molecule has 0 saturated heterocycles. The quantitative estimate of drug-likeness (QED) is 0.399. The molecular formula is C20H22O3S. The van der Waals surface area contributed by atoms with Crippen molar-refractivity contribution in [2.75, 3.05) is 11.5 Å². The minimum absolute atomic E-state index is 0.177. The Bertz CT molecular complexity index is 665. The molecule has 1 unspecified atom stereocenters. The second-order valence-corrected chi connectivity index (χ2v) is 6.89. The molecule has 0 spiro atoms. The molecule has 0 aromatic heterocycles. The summed E-state index contributed by atoms with van der Waals surface area (Å²) in [6.07, 6.45) is 0.549. The zero-order valence-electron chi connectivity index (χ0n) is 14.0. The number of hydrogen-bond donors (Lipinski definition) is 0. The van der Waals surface area contributed by atoms with Gasteiger partial charge in [-0.15, -0.1) is 0 Å². The van der Waals surface area contributed by atoms with E-state index >= 15 is 0 Å². The SMILES string of the molecule is CC(=O)CCSCC(C)C(=O)Oc1ccc(-c2ccccc2)cc1. The first-order chi connectivity index (χ1) is 11.6. The molecule has 4 heteroatoms. The maximum atomic E-state index is 12.1. The molecule has 0 fully saturated rings. The van der Waals surface area contributed by atoms with Gasteiger partial charge in [0.1, 0.15) is 11.5 Å². The van der Waals surface area contributed by atoms with Gasteiger partial charge in [-0.05, 0) is 30.2 Å². The number of thioether (sulfide) groups is 1. The number of ketones is 1. The molecule has 0 amide bonds. The first kappa shape index (κ1) is 18.3. The first-order valence-electron chi connectivity index (χ1n) is 8.00. The normalized spacial score (nSPS) is 11.8. The van der Waals surface area contributed by atoms with Gasteiger partial charge in [0.15, 0.2) is 0 Å². The summed E-state index contributed by atoms with van der Waals surface area (Å²) in [6, 6.07) is 17.6. The fourth-order valence-electron chi connectivity index (χ4n) is 2.11. The van der Waals surface area contributed by atoms with Gasteiger partial charge < -0.3 is 4.74 Å². The summed E-state index contributed by atoms with van der Waals surface area (Å²) in [4.78, 5) is 23.0. The Morgan fingerprint density at radius 2 is 1.62 bits per heavy atom. The van der Waals surface area contributed by atoms with E-state index in [1.807, 2.05) is 61.5 Å². The van der Waals surface area contributed by atoms with Crippen molar-refractivity contribution in [2.24, 2.45) is 5.92 Å². The summed E-state index contributed by atoms with van der Waals surface area (Å²) in [6.45, 7) is 3.43. The zero-order valence-corrected chi connectivity index (χ0v) is 14.8. The summed E-state index contributed by atoms with van der Waals surface area (Å²) in [5, 5.41) is 0. The van der Waals surface area contributed by atoms with Crippen molar-refractivity contribution in [3.63, 3.8) is 0 Å². The molecular weight excluding hydrogens is 320 g/mol. The second-order valence-electron chi connectivity index (χ2n) is 5.74. The Hall–Kier alpha value is -2.07. The van der Waals surface area contributed by atoms with Crippen LogP contribution in [0.3, 0.4) is 0 Å². The van der Waals surface area contributed by atoms with Gasteiger partial charge in [-0.2, -0.15) is 11.8 Å². The largest absolute Gasteiger partial charge is 0.426 e. The van der Waals surface area contributed by atoms with Gasteiger partial charge in [-0.1, -0.05) is 49.4 Å². The van der Waals surface area contributed by atoms with Crippen molar-refractivity contribution in [3.05, 3.63) is 54.6 Å². The number of Topliss-reactive ketones (excluding diaryl/α,β-unsaturated/α-hetero) is 1. The van der Waals surface area contributed by atoms with Gasteiger partial charge in [-0.25, -0.2) is 0 Å². The fraction of sp³-hybridized carbons (Fsp3) is 0.300. The van der Waals surface area contributed by atoms with Gasteiger partial charge in [-0.3, -0.25) is 9.59 Å². The third kappa shape index (κ3) is 5.85. The van der Waals surface area contributed by atoms with Gasteiger partial charge in [0.2, 0.25) is 0 Å². The van der Waals surface area contributed by atoms with E-state index in [0.717, 1.165) is 16.9 Å². The van der Waals surface area contributed by atoms with Crippen LogP contribution in [-0.4, -0.2) is 23.3 Å². The highest BCUT2D eigenvalue weighted by atomic mass is 32.2. The van der Waals surface area contributed by atoms with Crippen molar-refractivity contribution in [2.45, 2.75) is 20.3 Å². The molecule has 0 aliphatic heterocycles. The van der Waals surface area contributed by atoms with Gasteiger partial charge in [0.25, 0.3) is 0 Å². The third-order valence-corrected chi connectivity index (χ3v) is 4.78. The average molecular weight is 342 g/mol. The molecule has 2 rings (SSSR count). The van der Waals surface area contributed by atoms with Crippen LogP contribution < -0.4 is 4.74 Å². The topological polar surface area (TPSA) is 43.4 Å². The van der Waals surface area contributed by atoms with Crippen LogP contribution in [0.4, 0.5) is 0 Å². The molecule has 3 nitrogen and oxygen atoms in total. The molecule has 126 valence electrons. The Morgan fingerprint density at radius 1 is 1.00 bits per heavy atom. The molecule has 2 aromatic carbocycles. The fourth-order valence-corrected chi connectivity index (χ4v) is 3.19. The summed E-state index contributed by atoms with van der Waals surface area (Å²) < 4.78 is 5.43. The molecule has 1 atom stereocenters. The van der Waals surface area contributed by atoms with Gasteiger partial charge >= 0.3 is 5.97 Å². The zero-order chi connectivity index (χ0) is 17.4. The van der Waals surface area contributed by atoms with E-state index < -0.39 is 0 Å². The van der Waals surface area contributed by atoms with E-state index in [0.29, 0.717) is 17.9 Å². The first-order valence-corrected chi connectivity index (χ1v) is 9.16. The highest BCUT2D eigenvalue weighted by molar-refractivity contribution is 7.99. The van der Waals surface area contributed by atoms with E-state index in [9.17, 15) is 9.59 Å². The minimum atomic E-state index is -0.238. The van der Waals surface area contributed by atoms with E-state index in [1.165, 1.54) is 0 Å². The molecule has 0 bridgehead atoms. The number of carbonyl (C=O) groups is 2. The predicted molar refractivity (Wildman–Crippen MR) is 99.3 cm³/mol. The maximum Gasteiger partial charge on any atom is 0.314 e. The summed E-state index contributed by atoms with van der Waals surface area (Å²) >= 11 is 1.61. The number of carbonyl (C=O) groups excluding carboxylic acids is 2. The Balaban J connectivity index is 1.84. The Morgan fingerprint density at radius 3 is 2.25 bits per heavy atom. The lowest BCUT2D eigenvalue weighted by Crippen LogP contribution is -2.20. The monoisotopic (exact) mass is 342 g/mol. The number of ether oxygens (including phenoxy) is 1. The van der Waals surface area contributed by atoms with E-state index in [4.69, 9.17) is 4.74 Å². The van der Waals surface area contributed by atoms with Crippen molar-refractivity contribution in [1.29, 1.82) is 0 Å². The molecule has 0 saturated carbocycles. The molecule has 0 N–H and O–H groups in total. The van der Waals surface area contributed by atoms with Crippen LogP contribution in [0.2, 0.25) is 0 Å². The lowest BCUT2D eigenvalue weighted by molar-refractivity contribution is -0.137. The summed E-state index contributed by atoms with van der Waals surface area (Å²) in [5.74, 6) is 1.71. The molecule has 0 aliphatic carbocycles. The van der Waals surface area contributed by atoms with Crippen LogP contribution in [0.25, 0.3) is 11.1 Å². The third-order valence-electron chi connectivity index (χ3n) is 3.55. The standard InChI is InChI=1S/C20H22O3S/c1-15(14-24-13-12-16(2)21)20(22)23-19-10-8-18(9-11-19)17-6-4-3-5-7-17/h3-11,15H,12-14H2,1-2H3. The number of esters is 1. The second kappa shape index (κ2) is 9.28. The van der Waals surface area contributed by atoms with E-state index in [-0.39, 0.29) is 17.7 Å². The van der Waals surface area contributed by atoms with Crippen molar-refractivity contribution < 1.29 is 14.3 Å². The number of hydrogen-bond acceptors (Lipinski definition) is 4. The smallest absolute Gasteiger partial charge is 0.314 e. The van der Waals surface area contributed by atoms with Crippen LogP contribution in [0, 0.1) is 5.92 Å². The highest BCUT2D eigenvalue weighted by Gasteiger charge is 2.15. The number of rotatable bonds is 8. The summed E-state index contributed by atoms with van der Waals surface area (Å²) in [7, 11) is 0. The van der Waals surface area contributed by atoms with Crippen molar-refractivity contribution in [1.82, 2.24) is 0 Å². The van der Waals surface area contributed by atoms with Crippen LogP contribution >= 0.6 is 11.8 Å². The Kier molecular flexibility index (Phi) is 7.07. The molecule has 0 aliphatic rings. The molecule has 0 heterocycles. The Labute approximate surface area is 147 Å². The molecule has 0 radical (unpaired) electrons. The molecule has 2 aromatic rings. The van der Waals surface area contributed by atoms with Gasteiger partial charge in [0.05, 0.1) is 5.92 Å². The van der Waals surface area contributed by atoms with Crippen LogP contribution in [0.5, 0.6) is 5.75 Å². The predicted octanol–water partition coefficient (Wildman–Crippen LogP) is 4.61. The van der Waals surface area contributed by atoms with Crippen molar-refractivity contribution in [3.8, 4) is 16.9 Å².